The molecule has 1 aromatic rings. The number of esters is 1. The molecule has 174 valence electrons. The number of carbonyl (C=O) groups is 2. The molecule has 1 aliphatic heterocycles. The Balaban J connectivity index is 2.11. The Hall–Kier alpha value is -2.10. The maximum atomic E-state index is 13.8. The Bertz CT molecular complexity index is 926. The van der Waals surface area contributed by atoms with Gasteiger partial charge in [0.2, 0.25) is 0 Å². The minimum absolute atomic E-state index is 0.109. The van der Waals surface area contributed by atoms with Gasteiger partial charge in [-0.1, -0.05) is 37.2 Å². The van der Waals surface area contributed by atoms with Gasteiger partial charge in [-0.3, -0.25) is 4.79 Å². The van der Waals surface area contributed by atoms with Crippen LogP contribution in [0, 0.1) is 23.2 Å². The van der Waals surface area contributed by atoms with Gasteiger partial charge in [-0.2, -0.15) is 0 Å². The normalized spacial score (nSPS) is 24.6. The van der Waals surface area contributed by atoms with Crippen LogP contribution in [0.25, 0.3) is 0 Å². The lowest BCUT2D eigenvalue weighted by atomic mass is 9.81. The van der Waals surface area contributed by atoms with Crippen molar-refractivity contribution in [3.63, 3.8) is 0 Å². The van der Waals surface area contributed by atoms with Crippen LogP contribution in [-0.4, -0.2) is 37.2 Å². The summed E-state index contributed by atoms with van der Waals surface area (Å²) in [5.41, 5.74) is -0.573. The molecule has 0 radical (unpaired) electrons. The highest BCUT2D eigenvalue weighted by Gasteiger charge is 2.48. The van der Waals surface area contributed by atoms with Gasteiger partial charge < -0.3 is 14.4 Å². The Labute approximate surface area is 196 Å². The first-order chi connectivity index (χ1) is 15.1. The van der Waals surface area contributed by atoms with Crippen molar-refractivity contribution in [1.29, 1.82) is 0 Å². The largest absolute Gasteiger partial charge is 0.465 e. The SMILES string of the molecule is C=CC[C@@]1(C)OC[C@@H](C2CCCCC2)N(c2cc(C#CC(C)(C)C)sc2C(=O)OC)C1=O. The smallest absolute Gasteiger partial charge is 0.350 e. The molecule has 0 unspecified atom stereocenters. The molecule has 2 atom stereocenters. The number of hydrogen-bond donors (Lipinski definition) is 0. The van der Waals surface area contributed by atoms with Gasteiger partial charge in [0.1, 0.15) is 10.5 Å². The third kappa shape index (κ3) is 5.27. The Morgan fingerprint density at radius 2 is 2.06 bits per heavy atom. The number of hydrogen-bond acceptors (Lipinski definition) is 5. The molecule has 1 aliphatic carbocycles. The Kier molecular flexibility index (Phi) is 7.52. The van der Waals surface area contributed by atoms with Crippen molar-refractivity contribution in [2.24, 2.45) is 11.3 Å². The van der Waals surface area contributed by atoms with E-state index in [2.05, 4.69) is 18.4 Å². The minimum atomic E-state index is -1.00. The molecule has 2 fully saturated rings. The van der Waals surface area contributed by atoms with Crippen molar-refractivity contribution >= 4 is 28.9 Å². The predicted octanol–water partition coefficient (Wildman–Crippen LogP) is 5.58. The number of ether oxygens (including phenoxy) is 2. The van der Waals surface area contributed by atoms with Crippen molar-refractivity contribution in [2.75, 3.05) is 18.6 Å². The van der Waals surface area contributed by atoms with Gasteiger partial charge in [-0.15, -0.1) is 17.9 Å². The molecule has 0 bridgehead atoms. The standard InChI is InChI=1S/C26H35NO4S/c1-7-14-26(5)24(29)27(21(17-31-26)18-11-9-8-10-12-18)20-16-19(13-15-25(2,3)4)32-22(20)23(28)30-6/h7,16,18,21H,1,8-12,14,17H2,2-6H3/t21-,26+/m0/s1. The van der Waals surface area contributed by atoms with E-state index in [9.17, 15) is 9.59 Å². The maximum Gasteiger partial charge on any atom is 0.350 e. The molecular weight excluding hydrogens is 422 g/mol. The molecule has 32 heavy (non-hydrogen) atoms. The van der Waals surface area contributed by atoms with Crippen LogP contribution in [-0.2, 0) is 14.3 Å². The molecule has 1 amide bonds. The maximum absolute atomic E-state index is 13.8. The minimum Gasteiger partial charge on any atom is -0.465 e. The summed E-state index contributed by atoms with van der Waals surface area (Å²) in [6, 6.07) is 1.77. The third-order valence-electron chi connectivity index (χ3n) is 6.21. The molecule has 6 heteroatoms. The summed E-state index contributed by atoms with van der Waals surface area (Å²) in [5, 5.41) is 0. The summed E-state index contributed by atoms with van der Waals surface area (Å²) in [6.45, 7) is 12.2. The van der Waals surface area contributed by atoms with Gasteiger partial charge in [0.05, 0.1) is 30.3 Å². The first kappa shape index (κ1) is 24.5. The molecule has 5 nitrogen and oxygen atoms in total. The van der Waals surface area contributed by atoms with E-state index >= 15 is 0 Å². The fraction of sp³-hybridized carbons (Fsp3) is 0.615. The second-order valence-electron chi connectivity index (χ2n) is 9.99. The lowest BCUT2D eigenvalue weighted by Crippen LogP contribution is -2.62. The van der Waals surface area contributed by atoms with Crippen LogP contribution in [0.4, 0.5) is 5.69 Å². The van der Waals surface area contributed by atoms with Crippen molar-refractivity contribution in [1.82, 2.24) is 0 Å². The predicted molar refractivity (Wildman–Crippen MR) is 129 cm³/mol. The van der Waals surface area contributed by atoms with Crippen molar-refractivity contribution in [3.8, 4) is 11.8 Å². The van der Waals surface area contributed by atoms with Crippen LogP contribution < -0.4 is 4.90 Å². The number of nitrogens with zero attached hydrogens (tertiary/aromatic N) is 1. The van der Waals surface area contributed by atoms with Gasteiger partial charge in [0, 0.05) is 11.8 Å². The van der Waals surface area contributed by atoms with Crippen molar-refractivity contribution in [2.45, 2.75) is 77.9 Å². The van der Waals surface area contributed by atoms with Crippen LogP contribution >= 0.6 is 11.3 Å². The number of thiophene rings is 1. The highest BCUT2D eigenvalue weighted by molar-refractivity contribution is 7.15. The first-order valence-corrected chi connectivity index (χ1v) is 12.2. The van der Waals surface area contributed by atoms with E-state index in [1.807, 2.05) is 38.7 Å². The van der Waals surface area contributed by atoms with Gasteiger partial charge in [0.25, 0.3) is 5.91 Å². The lowest BCUT2D eigenvalue weighted by Gasteiger charge is -2.47. The second kappa shape index (κ2) is 9.80. The van der Waals surface area contributed by atoms with Crippen LogP contribution in [0.5, 0.6) is 0 Å². The van der Waals surface area contributed by atoms with Crippen LogP contribution in [0.1, 0.15) is 80.8 Å². The summed E-state index contributed by atoms with van der Waals surface area (Å²) in [7, 11) is 1.37. The van der Waals surface area contributed by atoms with E-state index in [0.29, 0.717) is 29.5 Å². The first-order valence-electron chi connectivity index (χ1n) is 11.4. The van der Waals surface area contributed by atoms with Crippen LogP contribution in [0.3, 0.4) is 0 Å². The van der Waals surface area contributed by atoms with Gasteiger partial charge >= 0.3 is 5.97 Å². The molecule has 3 rings (SSSR count). The van der Waals surface area contributed by atoms with Crippen molar-refractivity contribution in [3.05, 3.63) is 28.5 Å². The summed E-state index contributed by atoms with van der Waals surface area (Å²) < 4.78 is 11.2. The Morgan fingerprint density at radius 1 is 1.38 bits per heavy atom. The fourth-order valence-corrected chi connectivity index (χ4v) is 5.42. The van der Waals surface area contributed by atoms with Crippen molar-refractivity contribution < 1.29 is 19.1 Å². The fourth-order valence-electron chi connectivity index (χ4n) is 4.50. The lowest BCUT2D eigenvalue weighted by molar-refractivity contribution is -0.152. The molecule has 2 heterocycles. The Morgan fingerprint density at radius 3 is 2.66 bits per heavy atom. The van der Waals surface area contributed by atoms with Crippen LogP contribution in [0.2, 0.25) is 0 Å². The van der Waals surface area contributed by atoms with Gasteiger partial charge in [-0.25, -0.2) is 4.79 Å². The third-order valence-corrected chi connectivity index (χ3v) is 7.23. The molecule has 0 N–H and O–H groups in total. The molecule has 0 aromatic carbocycles. The number of amides is 1. The van der Waals surface area contributed by atoms with Crippen LogP contribution in [0.15, 0.2) is 18.7 Å². The molecule has 1 saturated carbocycles. The highest BCUT2D eigenvalue weighted by Crippen LogP contribution is 2.41. The summed E-state index contributed by atoms with van der Waals surface area (Å²) in [6.07, 6.45) is 7.78. The number of carbonyl (C=O) groups excluding carboxylic acids is 2. The number of rotatable bonds is 5. The monoisotopic (exact) mass is 457 g/mol. The number of anilines is 1. The highest BCUT2D eigenvalue weighted by atomic mass is 32.1. The van der Waals surface area contributed by atoms with Gasteiger partial charge in [0.15, 0.2) is 0 Å². The van der Waals surface area contributed by atoms with E-state index in [1.54, 1.807) is 6.08 Å². The number of methoxy groups -OCH3 is 1. The average Bonchev–Trinajstić information content (AvgIpc) is 3.18. The zero-order chi connectivity index (χ0) is 23.5. The summed E-state index contributed by atoms with van der Waals surface area (Å²) >= 11 is 1.29. The summed E-state index contributed by atoms with van der Waals surface area (Å²) in [5.74, 6) is 6.19. The quantitative estimate of drug-likeness (QED) is 0.329. The molecule has 1 saturated heterocycles. The molecular formula is C26H35NO4S. The second-order valence-corrected chi connectivity index (χ2v) is 11.0. The van der Waals surface area contributed by atoms with E-state index < -0.39 is 11.6 Å². The topological polar surface area (TPSA) is 55.8 Å². The summed E-state index contributed by atoms with van der Waals surface area (Å²) in [4.78, 5) is 29.6. The zero-order valence-corrected chi connectivity index (χ0v) is 20.8. The van der Waals surface area contributed by atoms with Gasteiger partial charge in [-0.05, 0) is 52.5 Å². The molecule has 1 aromatic heterocycles. The average molecular weight is 458 g/mol. The molecule has 0 spiro atoms. The van der Waals surface area contributed by atoms with E-state index in [-0.39, 0.29) is 17.4 Å². The van der Waals surface area contributed by atoms with E-state index in [4.69, 9.17) is 9.47 Å². The number of morpholine rings is 1. The molecule has 2 aliphatic rings. The van der Waals surface area contributed by atoms with E-state index in [0.717, 1.165) is 30.6 Å². The van der Waals surface area contributed by atoms with E-state index in [1.165, 1.54) is 24.9 Å². The zero-order valence-electron chi connectivity index (χ0n) is 20.0.